The number of piperazine rings is 1. The van der Waals surface area contributed by atoms with E-state index >= 15 is 0 Å². The van der Waals surface area contributed by atoms with Crippen LogP contribution in [-0.2, 0) is 16.0 Å². The van der Waals surface area contributed by atoms with Crippen molar-refractivity contribution in [1.82, 2.24) is 10.3 Å². The molecule has 0 bridgehead atoms. The summed E-state index contributed by atoms with van der Waals surface area (Å²) in [6.07, 6.45) is 2.69. The fraction of sp³-hybridized carbons (Fsp3) is 0.278. The topological polar surface area (TPSA) is 74.3 Å². The minimum Gasteiger partial charge on any atom is -0.353 e. The standard InChI is InChI=1S/C18H19BrN4O2/c19-15-4-2-1-3-13(15)5-8-17(24)22-14-6-7-16(21-11-14)23-10-9-20-18(25)12-23/h1-4,6-7,11H,5,8-10,12H2,(H,20,25)(H,22,24). The summed E-state index contributed by atoms with van der Waals surface area (Å²) < 4.78 is 1.01. The van der Waals surface area contributed by atoms with E-state index in [1.165, 1.54) is 0 Å². The second-order valence-corrected chi connectivity index (χ2v) is 6.67. The van der Waals surface area contributed by atoms with Gasteiger partial charge in [0.25, 0.3) is 0 Å². The highest BCUT2D eigenvalue weighted by Gasteiger charge is 2.17. The van der Waals surface area contributed by atoms with E-state index in [4.69, 9.17) is 0 Å². The van der Waals surface area contributed by atoms with E-state index < -0.39 is 0 Å². The van der Waals surface area contributed by atoms with Gasteiger partial charge in [-0.3, -0.25) is 9.59 Å². The van der Waals surface area contributed by atoms with Crippen molar-refractivity contribution in [3.63, 3.8) is 0 Å². The quantitative estimate of drug-likeness (QED) is 0.804. The lowest BCUT2D eigenvalue weighted by atomic mass is 10.1. The number of hydrogen-bond donors (Lipinski definition) is 2. The second kappa shape index (κ2) is 8.11. The van der Waals surface area contributed by atoms with Crippen LogP contribution in [0.25, 0.3) is 0 Å². The molecular weight excluding hydrogens is 384 g/mol. The lowest BCUT2D eigenvalue weighted by molar-refractivity contribution is -0.120. The number of aromatic nitrogens is 1. The Labute approximate surface area is 154 Å². The van der Waals surface area contributed by atoms with E-state index in [1.54, 1.807) is 6.20 Å². The molecule has 1 fully saturated rings. The van der Waals surface area contributed by atoms with Crippen molar-refractivity contribution in [2.45, 2.75) is 12.8 Å². The van der Waals surface area contributed by atoms with E-state index in [-0.39, 0.29) is 11.8 Å². The van der Waals surface area contributed by atoms with E-state index in [2.05, 4.69) is 31.5 Å². The highest BCUT2D eigenvalue weighted by molar-refractivity contribution is 9.10. The lowest BCUT2D eigenvalue weighted by Crippen LogP contribution is -2.48. The first-order chi connectivity index (χ1) is 12.1. The molecule has 130 valence electrons. The zero-order valence-corrected chi connectivity index (χ0v) is 15.3. The van der Waals surface area contributed by atoms with Crippen LogP contribution in [0, 0.1) is 0 Å². The Morgan fingerprint density at radius 3 is 2.84 bits per heavy atom. The molecule has 2 heterocycles. The molecule has 1 saturated heterocycles. The van der Waals surface area contributed by atoms with E-state index in [0.717, 1.165) is 22.4 Å². The van der Waals surface area contributed by atoms with Gasteiger partial charge in [0.1, 0.15) is 5.82 Å². The number of anilines is 2. The Hall–Kier alpha value is -2.41. The van der Waals surface area contributed by atoms with Gasteiger partial charge in [0, 0.05) is 24.0 Å². The third kappa shape index (κ3) is 4.79. The average molecular weight is 403 g/mol. The molecular formula is C18H19BrN4O2. The van der Waals surface area contributed by atoms with Crippen LogP contribution in [0.5, 0.6) is 0 Å². The first kappa shape index (κ1) is 17.4. The van der Waals surface area contributed by atoms with Crippen LogP contribution >= 0.6 is 15.9 Å². The smallest absolute Gasteiger partial charge is 0.239 e. The summed E-state index contributed by atoms with van der Waals surface area (Å²) in [5.41, 5.74) is 1.76. The normalized spacial score (nSPS) is 14.1. The predicted molar refractivity (Wildman–Crippen MR) is 101 cm³/mol. The van der Waals surface area contributed by atoms with Gasteiger partial charge in [0.2, 0.25) is 11.8 Å². The zero-order valence-electron chi connectivity index (χ0n) is 13.7. The van der Waals surface area contributed by atoms with Crippen molar-refractivity contribution >= 4 is 39.2 Å². The van der Waals surface area contributed by atoms with Crippen LogP contribution in [0.1, 0.15) is 12.0 Å². The number of hydrogen-bond acceptors (Lipinski definition) is 4. The monoisotopic (exact) mass is 402 g/mol. The van der Waals surface area contributed by atoms with Crippen LogP contribution in [0.3, 0.4) is 0 Å². The molecule has 0 radical (unpaired) electrons. The molecule has 1 aromatic carbocycles. The van der Waals surface area contributed by atoms with Crippen molar-refractivity contribution in [2.75, 3.05) is 29.9 Å². The number of amides is 2. The Morgan fingerprint density at radius 2 is 2.12 bits per heavy atom. The SMILES string of the molecule is O=C1CN(c2ccc(NC(=O)CCc3ccccc3Br)cn2)CCN1. The number of nitrogens with one attached hydrogen (secondary N) is 2. The maximum atomic E-state index is 12.1. The number of nitrogens with zero attached hydrogens (tertiary/aromatic N) is 2. The third-order valence-corrected chi connectivity index (χ3v) is 4.75. The molecule has 25 heavy (non-hydrogen) atoms. The molecule has 0 saturated carbocycles. The number of halogens is 1. The molecule has 0 aliphatic carbocycles. The number of carbonyl (C=O) groups is 2. The summed E-state index contributed by atoms with van der Waals surface area (Å²) in [7, 11) is 0. The van der Waals surface area contributed by atoms with Crippen molar-refractivity contribution < 1.29 is 9.59 Å². The van der Waals surface area contributed by atoms with Gasteiger partial charge in [0.15, 0.2) is 0 Å². The molecule has 2 amide bonds. The molecule has 2 aromatic rings. The van der Waals surface area contributed by atoms with Gasteiger partial charge < -0.3 is 15.5 Å². The largest absolute Gasteiger partial charge is 0.353 e. The number of benzene rings is 1. The average Bonchev–Trinajstić information content (AvgIpc) is 2.62. The second-order valence-electron chi connectivity index (χ2n) is 5.82. The first-order valence-corrected chi connectivity index (χ1v) is 8.92. The number of carbonyl (C=O) groups excluding carboxylic acids is 2. The summed E-state index contributed by atoms with van der Waals surface area (Å²) in [4.78, 5) is 29.8. The first-order valence-electron chi connectivity index (χ1n) is 8.13. The van der Waals surface area contributed by atoms with Crippen molar-refractivity contribution in [3.05, 3.63) is 52.6 Å². The fourth-order valence-corrected chi connectivity index (χ4v) is 3.14. The molecule has 7 heteroatoms. The van der Waals surface area contributed by atoms with Gasteiger partial charge in [0.05, 0.1) is 18.4 Å². The van der Waals surface area contributed by atoms with Gasteiger partial charge >= 0.3 is 0 Å². The van der Waals surface area contributed by atoms with Crippen LogP contribution in [-0.4, -0.2) is 36.4 Å². The minimum absolute atomic E-state index is 0.00231. The highest BCUT2D eigenvalue weighted by Crippen LogP contribution is 2.18. The summed E-state index contributed by atoms with van der Waals surface area (Å²) >= 11 is 3.49. The van der Waals surface area contributed by atoms with E-state index in [1.807, 2.05) is 41.3 Å². The lowest BCUT2D eigenvalue weighted by Gasteiger charge is -2.27. The molecule has 0 unspecified atom stereocenters. The fourth-order valence-electron chi connectivity index (χ4n) is 2.65. The van der Waals surface area contributed by atoms with Gasteiger partial charge in [-0.1, -0.05) is 34.1 Å². The highest BCUT2D eigenvalue weighted by atomic mass is 79.9. The number of pyridine rings is 1. The van der Waals surface area contributed by atoms with Gasteiger partial charge in [-0.25, -0.2) is 4.98 Å². The Balaban J connectivity index is 1.53. The third-order valence-electron chi connectivity index (χ3n) is 3.97. The minimum atomic E-state index is -0.0531. The zero-order chi connectivity index (χ0) is 17.6. The molecule has 1 aliphatic heterocycles. The van der Waals surface area contributed by atoms with Crippen LogP contribution < -0.4 is 15.5 Å². The van der Waals surface area contributed by atoms with Gasteiger partial charge in [-0.15, -0.1) is 0 Å². The van der Waals surface area contributed by atoms with Crippen molar-refractivity contribution in [3.8, 4) is 0 Å². The maximum absolute atomic E-state index is 12.1. The molecule has 3 rings (SSSR count). The van der Waals surface area contributed by atoms with E-state index in [9.17, 15) is 9.59 Å². The molecule has 0 atom stereocenters. The molecule has 2 N–H and O–H groups in total. The van der Waals surface area contributed by atoms with E-state index in [0.29, 0.717) is 31.6 Å². The molecule has 1 aliphatic rings. The Morgan fingerprint density at radius 1 is 1.28 bits per heavy atom. The van der Waals surface area contributed by atoms with Gasteiger partial charge in [-0.05, 0) is 30.2 Å². The van der Waals surface area contributed by atoms with Gasteiger partial charge in [-0.2, -0.15) is 0 Å². The summed E-state index contributed by atoms with van der Waals surface area (Å²) in [5, 5.41) is 5.64. The number of aryl methyl sites for hydroxylation is 1. The molecule has 6 nitrogen and oxygen atoms in total. The van der Waals surface area contributed by atoms with Crippen LogP contribution in [0.2, 0.25) is 0 Å². The van der Waals surface area contributed by atoms with Crippen LogP contribution in [0.15, 0.2) is 47.1 Å². The maximum Gasteiger partial charge on any atom is 0.239 e. The summed E-state index contributed by atoms with van der Waals surface area (Å²) in [6.45, 7) is 1.66. The number of rotatable bonds is 5. The van der Waals surface area contributed by atoms with Crippen molar-refractivity contribution in [2.24, 2.45) is 0 Å². The predicted octanol–water partition coefficient (Wildman–Crippen LogP) is 2.35. The summed E-state index contributed by atoms with van der Waals surface area (Å²) in [5.74, 6) is 0.682. The Bertz CT molecular complexity index is 764. The Kier molecular flexibility index (Phi) is 5.65. The van der Waals surface area contributed by atoms with Crippen molar-refractivity contribution in [1.29, 1.82) is 0 Å². The van der Waals surface area contributed by atoms with Crippen LogP contribution in [0.4, 0.5) is 11.5 Å². The molecule has 1 aromatic heterocycles. The summed E-state index contributed by atoms with van der Waals surface area (Å²) in [6, 6.07) is 11.5. The molecule has 0 spiro atoms.